The molecule has 40 heavy (non-hydrogen) atoms. The van der Waals surface area contributed by atoms with E-state index in [-0.39, 0.29) is 17.7 Å². The molecule has 1 amide bonds. The van der Waals surface area contributed by atoms with Crippen LogP contribution in [0.1, 0.15) is 115 Å². The van der Waals surface area contributed by atoms with Crippen molar-refractivity contribution >= 4 is 22.6 Å². The van der Waals surface area contributed by atoms with E-state index < -0.39 is 0 Å². The quantitative estimate of drug-likeness (QED) is 0.311. The molecule has 2 heterocycles. The molecule has 3 aliphatic rings. The second-order valence-corrected chi connectivity index (χ2v) is 13.0. The van der Waals surface area contributed by atoms with Crippen molar-refractivity contribution < 1.29 is 9.53 Å². The van der Waals surface area contributed by atoms with Crippen LogP contribution in [0, 0.1) is 0 Å². The molecule has 1 saturated heterocycles. The second kappa shape index (κ2) is 11.6. The zero-order valence-corrected chi connectivity index (χ0v) is 25.5. The van der Waals surface area contributed by atoms with Crippen LogP contribution < -0.4 is 5.32 Å². The number of H-pyrrole nitrogens is 1. The number of carbonyl (C=O) groups excluding carboxylic acids is 1. The molecule has 0 spiro atoms. The molecule has 3 fully saturated rings. The number of nitrogens with one attached hydrogen (secondary N) is 2. The predicted octanol–water partition coefficient (Wildman–Crippen LogP) is 8.60. The Morgan fingerprint density at radius 3 is 2.55 bits per heavy atom. The Labute approximate surface area is 241 Å². The normalized spacial score (nSPS) is 23.8. The second-order valence-electron chi connectivity index (χ2n) is 13.0. The third-order valence-corrected chi connectivity index (χ3v) is 9.64. The minimum Gasteiger partial charge on any atom is -0.443 e. The number of rotatable bonds is 9. The topological polar surface area (TPSA) is 57.4 Å². The van der Waals surface area contributed by atoms with Gasteiger partial charge in [-0.25, -0.2) is 4.79 Å². The van der Waals surface area contributed by atoms with Gasteiger partial charge in [0.2, 0.25) is 0 Å². The molecule has 2 saturated carbocycles. The van der Waals surface area contributed by atoms with Crippen LogP contribution in [0.3, 0.4) is 0 Å². The lowest BCUT2D eigenvalue weighted by molar-refractivity contribution is 0.0561. The smallest absolute Gasteiger partial charge is 0.407 e. The maximum Gasteiger partial charge on any atom is 0.407 e. The van der Waals surface area contributed by atoms with Gasteiger partial charge >= 0.3 is 6.09 Å². The van der Waals surface area contributed by atoms with E-state index in [0.717, 1.165) is 45.2 Å². The van der Waals surface area contributed by atoms with Crippen molar-refractivity contribution in [1.82, 2.24) is 15.2 Å². The molecule has 1 aromatic carbocycles. The molecule has 0 bridgehead atoms. The van der Waals surface area contributed by atoms with Gasteiger partial charge in [0.05, 0.1) is 0 Å². The molecular formula is C35H49N3O2. The number of aromatic amines is 1. The Morgan fingerprint density at radius 1 is 1.25 bits per heavy atom. The zero-order chi connectivity index (χ0) is 28.6. The number of nitrogens with zero attached hydrogens (tertiary/aromatic N) is 1. The fourth-order valence-corrected chi connectivity index (χ4v) is 6.53. The molecule has 2 aromatic rings. The van der Waals surface area contributed by atoms with Crippen LogP contribution in [0.25, 0.3) is 16.5 Å². The van der Waals surface area contributed by atoms with Gasteiger partial charge in [-0.2, -0.15) is 0 Å². The van der Waals surface area contributed by atoms with Gasteiger partial charge in [0.15, 0.2) is 0 Å². The maximum absolute atomic E-state index is 12.1. The first-order chi connectivity index (χ1) is 19.1. The van der Waals surface area contributed by atoms with Crippen LogP contribution in [-0.2, 0) is 4.74 Å². The maximum atomic E-state index is 12.1. The number of aromatic nitrogens is 1. The van der Waals surface area contributed by atoms with Gasteiger partial charge in [-0.15, -0.1) is 0 Å². The molecule has 216 valence electrons. The van der Waals surface area contributed by atoms with Crippen LogP contribution in [0.5, 0.6) is 0 Å². The monoisotopic (exact) mass is 543 g/mol. The van der Waals surface area contributed by atoms with Crippen LogP contribution in [0.15, 0.2) is 48.1 Å². The average Bonchev–Trinajstić information content (AvgIpc) is 3.51. The molecule has 1 aliphatic heterocycles. The van der Waals surface area contributed by atoms with E-state index >= 15 is 0 Å². The fourth-order valence-electron chi connectivity index (χ4n) is 6.53. The Kier molecular flexibility index (Phi) is 8.33. The summed E-state index contributed by atoms with van der Waals surface area (Å²) in [5.41, 5.74) is 8.82. The van der Waals surface area contributed by atoms with Crippen molar-refractivity contribution in [2.45, 2.75) is 116 Å². The highest BCUT2D eigenvalue weighted by atomic mass is 16.6. The molecule has 2 N–H and O–H groups in total. The standard InChI is InChI=1S/C35H49N3O2/c1-8-23(5)24(6)18-25(9-2)33-32(22(3)4)30-19-27(10-11-31(30)37-33)26-12-16-38(17-13-26)29-20-28(21-29)36-34(39)40-35(7)14-15-35/h9-11,18-19,22,26,28-29,37H,5,8,12-17,20-21H2,1-4,6-7H3,(H,36,39)/b24-18-,25-9+. The first-order valence-electron chi connectivity index (χ1n) is 15.5. The van der Waals surface area contributed by atoms with Crippen LogP contribution >= 0.6 is 0 Å². The SMILES string of the molecule is C=C(CC)/C(C)=C\C(=C/C)c1[nH]c2ccc(C3CCN(C4CC(NC(=O)OC5(C)CC5)C4)CC3)cc2c1C(C)C. The lowest BCUT2D eigenvalue weighted by atomic mass is 9.82. The molecule has 5 heteroatoms. The summed E-state index contributed by atoms with van der Waals surface area (Å²) in [6.45, 7) is 19.6. The first kappa shape index (κ1) is 28.7. The minimum absolute atomic E-state index is 0.203. The largest absolute Gasteiger partial charge is 0.443 e. The molecule has 5 rings (SSSR count). The Hall–Kier alpha value is -2.79. The number of amides is 1. The van der Waals surface area contributed by atoms with Gasteiger partial charge in [-0.1, -0.05) is 51.1 Å². The number of hydrogen-bond donors (Lipinski definition) is 2. The van der Waals surface area contributed by atoms with E-state index in [9.17, 15) is 4.79 Å². The number of ether oxygens (including phenoxy) is 1. The molecule has 5 nitrogen and oxygen atoms in total. The average molecular weight is 544 g/mol. The Balaban J connectivity index is 1.23. The van der Waals surface area contributed by atoms with Crippen molar-refractivity contribution in [3.8, 4) is 0 Å². The molecule has 1 aromatic heterocycles. The number of carbonyl (C=O) groups is 1. The van der Waals surface area contributed by atoms with Crippen molar-refractivity contribution in [2.24, 2.45) is 0 Å². The van der Waals surface area contributed by atoms with Crippen molar-refractivity contribution in [1.29, 1.82) is 0 Å². The molecule has 0 unspecified atom stereocenters. The number of likely N-dealkylation sites (tertiary alicyclic amines) is 1. The number of allylic oxidation sites excluding steroid dienone is 5. The number of hydrogen-bond acceptors (Lipinski definition) is 3. The predicted molar refractivity (Wildman–Crippen MR) is 167 cm³/mol. The number of alkyl carbamates (subject to hydrolysis) is 1. The highest BCUT2D eigenvalue weighted by molar-refractivity contribution is 5.92. The van der Waals surface area contributed by atoms with Gasteiger partial charge in [-0.3, -0.25) is 0 Å². The van der Waals surface area contributed by atoms with Gasteiger partial charge in [-0.05, 0) is 125 Å². The summed E-state index contributed by atoms with van der Waals surface area (Å²) in [6.07, 6.45) is 11.7. The number of benzene rings is 1. The minimum atomic E-state index is -0.231. The van der Waals surface area contributed by atoms with E-state index in [1.807, 2.05) is 6.92 Å². The zero-order valence-electron chi connectivity index (χ0n) is 25.5. The van der Waals surface area contributed by atoms with E-state index in [1.54, 1.807) is 0 Å². The fraction of sp³-hybridized carbons (Fsp3) is 0.571. The third kappa shape index (κ3) is 6.10. The highest BCUT2D eigenvalue weighted by Gasteiger charge is 2.43. The number of piperidine rings is 1. The van der Waals surface area contributed by atoms with Crippen LogP contribution in [0.2, 0.25) is 0 Å². The van der Waals surface area contributed by atoms with E-state index in [2.05, 4.69) is 86.7 Å². The summed E-state index contributed by atoms with van der Waals surface area (Å²) in [4.78, 5) is 18.5. The third-order valence-electron chi connectivity index (χ3n) is 9.64. The van der Waals surface area contributed by atoms with Crippen molar-refractivity contribution in [3.05, 3.63) is 64.9 Å². The summed E-state index contributed by atoms with van der Waals surface area (Å²) in [6, 6.07) is 7.96. The lowest BCUT2D eigenvalue weighted by Crippen LogP contribution is -2.55. The first-order valence-corrected chi connectivity index (χ1v) is 15.5. The number of fused-ring (bicyclic) bond motifs is 1. The molecule has 0 radical (unpaired) electrons. The highest BCUT2D eigenvalue weighted by Crippen LogP contribution is 2.40. The summed E-state index contributed by atoms with van der Waals surface area (Å²) in [5.74, 6) is 1.02. The Morgan fingerprint density at radius 2 is 1.95 bits per heavy atom. The van der Waals surface area contributed by atoms with E-state index in [4.69, 9.17) is 4.74 Å². The summed E-state index contributed by atoms with van der Waals surface area (Å²) in [5, 5.41) is 4.44. The van der Waals surface area contributed by atoms with Crippen molar-refractivity contribution in [2.75, 3.05) is 13.1 Å². The summed E-state index contributed by atoms with van der Waals surface area (Å²) in [7, 11) is 0. The van der Waals surface area contributed by atoms with E-state index in [0.29, 0.717) is 17.9 Å². The lowest BCUT2D eigenvalue weighted by Gasteiger charge is -2.45. The Bertz CT molecular complexity index is 1310. The van der Waals surface area contributed by atoms with Gasteiger partial charge in [0.1, 0.15) is 5.60 Å². The summed E-state index contributed by atoms with van der Waals surface area (Å²) >= 11 is 0. The van der Waals surface area contributed by atoms with Gasteiger partial charge < -0.3 is 19.9 Å². The van der Waals surface area contributed by atoms with Gasteiger partial charge in [0.25, 0.3) is 0 Å². The van der Waals surface area contributed by atoms with Crippen LogP contribution in [-0.4, -0.2) is 46.8 Å². The van der Waals surface area contributed by atoms with E-state index in [1.165, 1.54) is 57.3 Å². The molecule has 2 aliphatic carbocycles. The molecule has 0 atom stereocenters. The summed E-state index contributed by atoms with van der Waals surface area (Å²) < 4.78 is 5.53. The van der Waals surface area contributed by atoms with Gasteiger partial charge in [0, 0.05) is 28.7 Å². The van der Waals surface area contributed by atoms with Crippen molar-refractivity contribution in [3.63, 3.8) is 0 Å². The van der Waals surface area contributed by atoms with Crippen LogP contribution in [0.4, 0.5) is 4.79 Å². The molecular weight excluding hydrogens is 494 g/mol.